The van der Waals surface area contributed by atoms with Gasteiger partial charge in [-0.3, -0.25) is 4.90 Å². The Kier molecular flexibility index (Phi) is 6.18. The quantitative estimate of drug-likeness (QED) is 0.818. The Hall–Kier alpha value is -1.95. The molecule has 0 amide bonds. The predicted octanol–water partition coefficient (Wildman–Crippen LogP) is 3.01. The van der Waals surface area contributed by atoms with Gasteiger partial charge in [0.25, 0.3) is 0 Å². The molecule has 2 aromatic rings. The standard InChI is InChI=1S/C19H23N3OS/c24-19(21-18-7-2-1-3-8-18)20-14-16-5-4-6-17(13-16)15-22-9-11-23-12-10-22/h1-8,13H,9-12,14-15H2,(H2,20,21,24). The average molecular weight is 341 g/mol. The van der Waals surface area contributed by atoms with Crippen LogP contribution in [0.2, 0.25) is 0 Å². The van der Waals surface area contributed by atoms with Crippen LogP contribution in [0.5, 0.6) is 0 Å². The molecule has 1 fully saturated rings. The Morgan fingerprint density at radius 1 is 1.00 bits per heavy atom. The summed E-state index contributed by atoms with van der Waals surface area (Å²) in [4.78, 5) is 2.43. The molecule has 1 aliphatic heterocycles. The number of hydrogen-bond donors (Lipinski definition) is 2. The van der Waals surface area contributed by atoms with Crippen LogP contribution in [0.15, 0.2) is 54.6 Å². The summed E-state index contributed by atoms with van der Waals surface area (Å²) in [5.74, 6) is 0. The number of thiocarbonyl (C=S) groups is 1. The number of benzene rings is 2. The number of para-hydroxylation sites is 1. The SMILES string of the molecule is S=C(NCc1cccc(CN2CCOCC2)c1)Nc1ccccc1. The molecule has 0 aliphatic carbocycles. The molecule has 0 atom stereocenters. The third-order valence-electron chi connectivity index (χ3n) is 3.99. The van der Waals surface area contributed by atoms with E-state index in [2.05, 4.69) is 39.8 Å². The molecule has 0 aromatic heterocycles. The molecule has 1 aliphatic rings. The summed E-state index contributed by atoms with van der Waals surface area (Å²) in [6.45, 7) is 5.38. The minimum absolute atomic E-state index is 0.639. The van der Waals surface area contributed by atoms with Crippen LogP contribution >= 0.6 is 12.2 Å². The van der Waals surface area contributed by atoms with Gasteiger partial charge in [0.1, 0.15) is 0 Å². The Labute approximate surface area is 148 Å². The van der Waals surface area contributed by atoms with Crippen LogP contribution < -0.4 is 10.6 Å². The van der Waals surface area contributed by atoms with E-state index in [0.717, 1.165) is 45.1 Å². The zero-order valence-corrected chi connectivity index (χ0v) is 14.5. The van der Waals surface area contributed by atoms with Crippen molar-refractivity contribution < 1.29 is 4.74 Å². The number of ether oxygens (including phenoxy) is 1. The van der Waals surface area contributed by atoms with Crippen LogP contribution in [0, 0.1) is 0 Å². The van der Waals surface area contributed by atoms with Crippen molar-refractivity contribution in [2.75, 3.05) is 31.6 Å². The van der Waals surface area contributed by atoms with E-state index in [-0.39, 0.29) is 0 Å². The number of nitrogens with one attached hydrogen (secondary N) is 2. The number of rotatable bonds is 5. The Morgan fingerprint density at radius 3 is 2.54 bits per heavy atom. The largest absolute Gasteiger partial charge is 0.379 e. The van der Waals surface area contributed by atoms with Gasteiger partial charge in [0.2, 0.25) is 0 Å². The van der Waals surface area contributed by atoms with Gasteiger partial charge in [-0.25, -0.2) is 0 Å². The van der Waals surface area contributed by atoms with Crippen LogP contribution in [0.4, 0.5) is 5.69 Å². The second-order valence-corrected chi connectivity index (χ2v) is 6.29. The molecule has 126 valence electrons. The van der Waals surface area contributed by atoms with E-state index < -0.39 is 0 Å². The zero-order valence-electron chi connectivity index (χ0n) is 13.7. The van der Waals surface area contributed by atoms with E-state index in [9.17, 15) is 0 Å². The smallest absolute Gasteiger partial charge is 0.171 e. The number of hydrogen-bond acceptors (Lipinski definition) is 3. The fourth-order valence-electron chi connectivity index (χ4n) is 2.73. The highest BCUT2D eigenvalue weighted by molar-refractivity contribution is 7.80. The third kappa shape index (κ3) is 5.30. The Morgan fingerprint density at radius 2 is 1.75 bits per heavy atom. The van der Waals surface area contributed by atoms with Gasteiger partial charge in [-0.1, -0.05) is 42.5 Å². The van der Waals surface area contributed by atoms with Crippen molar-refractivity contribution in [3.05, 3.63) is 65.7 Å². The van der Waals surface area contributed by atoms with Gasteiger partial charge < -0.3 is 15.4 Å². The maximum atomic E-state index is 5.40. The summed E-state index contributed by atoms with van der Waals surface area (Å²) in [5.41, 5.74) is 3.56. The minimum Gasteiger partial charge on any atom is -0.379 e. The normalized spacial score (nSPS) is 15.0. The van der Waals surface area contributed by atoms with Gasteiger partial charge in [-0.2, -0.15) is 0 Å². The van der Waals surface area contributed by atoms with E-state index in [1.54, 1.807) is 0 Å². The van der Waals surface area contributed by atoms with Crippen LogP contribution in [-0.4, -0.2) is 36.3 Å². The zero-order chi connectivity index (χ0) is 16.6. The number of nitrogens with zero attached hydrogens (tertiary/aromatic N) is 1. The first kappa shape index (κ1) is 16.9. The van der Waals surface area contributed by atoms with Gasteiger partial charge in [0.05, 0.1) is 13.2 Å². The molecule has 0 bridgehead atoms. The van der Waals surface area contributed by atoms with E-state index in [1.807, 2.05) is 30.3 Å². The molecule has 1 heterocycles. The van der Waals surface area contributed by atoms with Crippen molar-refractivity contribution in [2.24, 2.45) is 0 Å². The minimum atomic E-state index is 0.639. The van der Waals surface area contributed by atoms with E-state index in [4.69, 9.17) is 17.0 Å². The molecule has 0 saturated carbocycles. The van der Waals surface area contributed by atoms with Gasteiger partial charge in [-0.05, 0) is 35.5 Å². The molecular weight excluding hydrogens is 318 g/mol. The van der Waals surface area contributed by atoms with Crippen molar-refractivity contribution >= 4 is 23.0 Å². The fraction of sp³-hybridized carbons (Fsp3) is 0.316. The lowest BCUT2D eigenvalue weighted by Gasteiger charge is -2.26. The van der Waals surface area contributed by atoms with Gasteiger partial charge in [0.15, 0.2) is 5.11 Å². The Balaban J connectivity index is 1.49. The van der Waals surface area contributed by atoms with Crippen molar-refractivity contribution in [1.82, 2.24) is 10.2 Å². The van der Waals surface area contributed by atoms with Crippen molar-refractivity contribution in [3.63, 3.8) is 0 Å². The average Bonchev–Trinajstić information content (AvgIpc) is 2.62. The molecule has 3 rings (SSSR count). The first-order valence-electron chi connectivity index (χ1n) is 8.27. The summed E-state index contributed by atoms with van der Waals surface area (Å²) in [6.07, 6.45) is 0. The van der Waals surface area contributed by atoms with Crippen LogP contribution in [-0.2, 0) is 17.8 Å². The van der Waals surface area contributed by atoms with Crippen LogP contribution in [0.25, 0.3) is 0 Å². The highest BCUT2D eigenvalue weighted by Gasteiger charge is 2.10. The second kappa shape index (κ2) is 8.78. The summed E-state index contributed by atoms with van der Waals surface area (Å²) in [6, 6.07) is 18.6. The molecule has 2 aromatic carbocycles. The number of anilines is 1. The second-order valence-electron chi connectivity index (χ2n) is 5.88. The molecule has 1 saturated heterocycles. The van der Waals surface area contributed by atoms with Crippen molar-refractivity contribution in [1.29, 1.82) is 0 Å². The molecular formula is C19H23N3OS. The summed E-state index contributed by atoms with van der Waals surface area (Å²) in [7, 11) is 0. The molecule has 0 radical (unpaired) electrons. The summed E-state index contributed by atoms with van der Waals surface area (Å²) >= 11 is 5.35. The highest BCUT2D eigenvalue weighted by atomic mass is 32.1. The van der Waals surface area contributed by atoms with Gasteiger partial charge in [-0.15, -0.1) is 0 Å². The van der Waals surface area contributed by atoms with E-state index >= 15 is 0 Å². The Bertz CT molecular complexity index is 657. The summed E-state index contributed by atoms with van der Waals surface area (Å²) < 4.78 is 5.40. The van der Waals surface area contributed by atoms with Gasteiger partial charge in [0, 0.05) is 31.9 Å². The third-order valence-corrected chi connectivity index (χ3v) is 4.23. The maximum absolute atomic E-state index is 5.40. The van der Waals surface area contributed by atoms with Crippen molar-refractivity contribution in [3.8, 4) is 0 Å². The van der Waals surface area contributed by atoms with E-state index in [1.165, 1.54) is 11.1 Å². The molecule has 0 unspecified atom stereocenters. The van der Waals surface area contributed by atoms with E-state index in [0.29, 0.717) is 5.11 Å². The maximum Gasteiger partial charge on any atom is 0.171 e. The lowest BCUT2D eigenvalue weighted by atomic mass is 10.1. The lowest BCUT2D eigenvalue weighted by molar-refractivity contribution is 0.0342. The topological polar surface area (TPSA) is 36.5 Å². The molecule has 4 nitrogen and oxygen atoms in total. The molecule has 24 heavy (non-hydrogen) atoms. The lowest BCUT2D eigenvalue weighted by Crippen LogP contribution is -2.35. The van der Waals surface area contributed by atoms with Crippen molar-refractivity contribution in [2.45, 2.75) is 13.1 Å². The summed E-state index contributed by atoms with van der Waals surface area (Å²) in [5, 5.41) is 7.09. The fourth-order valence-corrected chi connectivity index (χ4v) is 2.92. The monoisotopic (exact) mass is 341 g/mol. The van der Waals surface area contributed by atoms with Crippen LogP contribution in [0.1, 0.15) is 11.1 Å². The van der Waals surface area contributed by atoms with Crippen LogP contribution in [0.3, 0.4) is 0 Å². The molecule has 5 heteroatoms. The highest BCUT2D eigenvalue weighted by Crippen LogP contribution is 2.10. The van der Waals surface area contributed by atoms with Gasteiger partial charge >= 0.3 is 0 Å². The predicted molar refractivity (Wildman–Crippen MR) is 102 cm³/mol. The first-order valence-corrected chi connectivity index (χ1v) is 8.68. The first-order chi connectivity index (χ1) is 11.8. The molecule has 0 spiro atoms. The molecule has 2 N–H and O–H groups in total. The number of morpholine rings is 1.